The van der Waals surface area contributed by atoms with Crippen LogP contribution in [-0.2, 0) is 6.54 Å². The molecule has 1 fully saturated rings. The molecule has 0 radical (unpaired) electrons. The van der Waals surface area contributed by atoms with Crippen LogP contribution in [0.25, 0.3) is 0 Å². The van der Waals surface area contributed by atoms with E-state index in [1.807, 2.05) is 4.90 Å². The van der Waals surface area contributed by atoms with Gasteiger partial charge in [0.05, 0.1) is 12.1 Å². The topological polar surface area (TPSA) is 28.5 Å². The van der Waals surface area contributed by atoms with Gasteiger partial charge in [0.2, 0.25) is 0 Å². The Bertz CT molecular complexity index is 966. The smallest absolute Gasteiger partial charge is 0.255 e. The maximum absolute atomic E-state index is 13.2. The van der Waals surface area contributed by atoms with E-state index in [4.69, 9.17) is 0 Å². The lowest BCUT2D eigenvalue weighted by atomic mass is 10.1. The van der Waals surface area contributed by atoms with E-state index in [1.54, 1.807) is 11.3 Å². The van der Waals surface area contributed by atoms with Crippen LogP contribution in [0.4, 0.5) is 5.69 Å². The fraction of sp³-hybridized carbons (Fsp3) is 0.348. The van der Waals surface area contributed by atoms with Crippen molar-refractivity contribution in [3.63, 3.8) is 0 Å². The van der Waals surface area contributed by atoms with Crippen molar-refractivity contribution in [2.45, 2.75) is 27.3 Å². The number of hydrogen-bond acceptors (Lipinski definition) is 3. The summed E-state index contributed by atoms with van der Waals surface area (Å²) in [6, 6.07) is 14.9. The quantitative estimate of drug-likeness (QED) is 0.654. The third-order valence-electron chi connectivity index (χ3n) is 5.63. The third-order valence-corrected chi connectivity index (χ3v) is 6.49. The number of benzene rings is 1. The Morgan fingerprint density at radius 2 is 1.79 bits per heavy atom. The van der Waals surface area contributed by atoms with Gasteiger partial charge in [-0.3, -0.25) is 4.79 Å². The van der Waals surface area contributed by atoms with Crippen molar-refractivity contribution in [2.24, 2.45) is 0 Å². The third kappa shape index (κ3) is 3.72. The maximum atomic E-state index is 13.2. The van der Waals surface area contributed by atoms with E-state index >= 15 is 0 Å². The van der Waals surface area contributed by atoms with E-state index in [0.29, 0.717) is 0 Å². The fourth-order valence-electron chi connectivity index (χ4n) is 3.98. The number of aromatic nitrogens is 1. The van der Waals surface area contributed by atoms with Crippen LogP contribution in [0.5, 0.6) is 0 Å². The molecule has 146 valence electrons. The van der Waals surface area contributed by atoms with Crippen molar-refractivity contribution in [1.29, 1.82) is 0 Å². The van der Waals surface area contributed by atoms with Gasteiger partial charge in [-0.2, -0.15) is 0 Å². The summed E-state index contributed by atoms with van der Waals surface area (Å²) in [5.74, 6) is 0.162. The Kier molecular flexibility index (Phi) is 5.27. The van der Waals surface area contributed by atoms with Gasteiger partial charge >= 0.3 is 0 Å². The Morgan fingerprint density at radius 3 is 2.46 bits per heavy atom. The van der Waals surface area contributed by atoms with Crippen molar-refractivity contribution in [3.05, 3.63) is 75.2 Å². The van der Waals surface area contributed by atoms with Gasteiger partial charge in [0.1, 0.15) is 0 Å². The highest BCUT2D eigenvalue weighted by Gasteiger charge is 2.25. The minimum Gasteiger partial charge on any atom is -0.368 e. The number of piperazine rings is 1. The molecule has 0 N–H and O–H groups in total. The van der Waals surface area contributed by atoms with E-state index in [9.17, 15) is 4.79 Å². The summed E-state index contributed by atoms with van der Waals surface area (Å²) in [7, 11) is 0. The summed E-state index contributed by atoms with van der Waals surface area (Å²) >= 11 is 1.76. The number of aryl methyl sites for hydroxylation is 2. The van der Waals surface area contributed by atoms with Gasteiger partial charge in [0.15, 0.2) is 0 Å². The number of hydrogen-bond donors (Lipinski definition) is 0. The second-order valence-electron chi connectivity index (χ2n) is 7.57. The first-order chi connectivity index (χ1) is 13.5. The molecule has 0 atom stereocenters. The molecule has 0 aliphatic carbocycles. The van der Waals surface area contributed by atoms with Crippen LogP contribution in [0.3, 0.4) is 0 Å². The highest BCUT2D eigenvalue weighted by atomic mass is 32.1. The molecular weight excluding hydrogens is 366 g/mol. The Balaban J connectivity index is 1.45. The number of amides is 1. The molecule has 1 aliphatic rings. The van der Waals surface area contributed by atoms with E-state index < -0.39 is 0 Å². The summed E-state index contributed by atoms with van der Waals surface area (Å²) in [6.07, 6.45) is 0. The van der Waals surface area contributed by atoms with Gasteiger partial charge < -0.3 is 14.4 Å². The summed E-state index contributed by atoms with van der Waals surface area (Å²) in [6.45, 7) is 10.4. The van der Waals surface area contributed by atoms with Gasteiger partial charge in [0.25, 0.3) is 5.91 Å². The van der Waals surface area contributed by atoms with Gasteiger partial charge in [-0.25, -0.2) is 0 Å². The van der Waals surface area contributed by atoms with Gasteiger partial charge in [-0.05, 0) is 56.0 Å². The monoisotopic (exact) mass is 393 g/mol. The van der Waals surface area contributed by atoms with Crippen LogP contribution in [0.15, 0.2) is 47.8 Å². The fourth-order valence-corrected chi connectivity index (χ4v) is 4.67. The lowest BCUT2D eigenvalue weighted by molar-refractivity contribution is 0.0746. The molecule has 2 aromatic heterocycles. The van der Waals surface area contributed by atoms with Gasteiger partial charge in [0, 0.05) is 48.1 Å². The molecule has 1 saturated heterocycles. The van der Waals surface area contributed by atoms with Crippen LogP contribution >= 0.6 is 11.3 Å². The number of rotatable bonds is 4. The SMILES string of the molecule is Cc1cccc(N2CCN(C(=O)c3cc(C)n(Cc4cccs4)c3C)CC2)c1. The standard InChI is InChI=1S/C23H27N3OS/c1-17-6-4-7-20(14-17)24-9-11-25(12-10-24)23(27)22-15-18(2)26(19(22)3)16-21-8-5-13-28-21/h4-8,13-15H,9-12,16H2,1-3H3. The van der Waals surface area contributed by atoms with Gasteiger partial charge in [-0.1, -0.05) is 18.2 Å². The second kappa shape index (κ2) is 7.84. The van der Waals surface area contributed by atoms with Crippen molar-refractivity contribution >= 4 is 22.9 Å². The minimum absolute atomic E-state index is 0.162. The number of nitrogens with zero attached hydrogens (tertiary/aromatic N) is 3. The molecule has 1 aliphatic heterocycles. The molecule has 3 aromatic rings. The normalized spacial score (nSPS) is 14.5. The second-order valence-corrected chi connectivity index (χ2v) is 8.60. The van der Waals surface area contributed by atoms with Crippen LogP contribution in [0.1, 0.15) is 32.2 Å². The average molecular weight is 394 g/mol. The van der Waals surface area contributed by atoms with Crippen molar-refractivity contribution in [1.82, 2.24) is 9.47 Å². The number of thiophene rings is 1. The molecule has 1 aromatic carbocycles. The Morgan fingerprint density at radius 1 is 1.00 bits per heavy atom. The molecule has 3 heterocycles. The van der Waals surface area contributed by atoms with E-state index in [0.717, 1.165) is 49.7 Å². The number of carbonyl (C=O) groups excluding carboxylic acids is 1. The van der Waals surface area contributed by atoms with Crippen molar-refractivity contribution < 1.29 is 4.79 Å². The van der Waals surface area contributed by atoms with E-state index in [2.05, 4.69) is 78.1 Å². The first kappa shape index (κ1) is 18.8. The lowest BCUT2D eigenvalue weighted by Crippen LogP contribution is -2.48. The van der Waals surface area contributed by atoms with Crippen LogP contribution in [-0.4, -0.2) is 41.6 Å². The van der Waals surface area contributed by atoms with E-state index in [1.165, 1.54) is 16.1 Å². The maximum Gasteiger partial charge on any atom is 0.255 e. The predicted octanol–water partition coefficient (Wildman–Crippen LogP) is 4.49. The van der Waals surface area contributed by atoms with Crippen LogP contribution in [0.2, 0.25) is 0 Å². The van der Waals surface area contributed by atoms with Crippen molar-refractivity contribution in [2.75, 3.05) is 31.1 Å². The zero-order valence-electron chi connectivity index (χ0n) is 16.8. The predicted molar refractivity (Wildman–Crippen MR) is 117 cm³/mol. The zero-order chi connectivity index (χ0) is 19.7. The highest BCUT2D eigenvalue weighted by Crippen LogP contribution is 2.22. The Hall–Kier alpha value is -2.53. The molecule has 0 bridgehead atoms. The largest absolute Gasteiger partial charge is 0.368 e. The highest BCUT2D eigenvalue weighted by molar-refractivity contribution is 7.09. The Labute approximate surface area is 171 Å². The van der Waals surface area contributed by atoms with Crippen molar-refractivity contribution in [3.8, 4) is 0 Å². The molecule has 1 amide bonds. The first-order valence-electron chi connectivity index (χ1n) is 9.83. The number of anilines is 1. The summed E-state index contributed by atoms with van der Waals surface area (Å²) in [5, 5.41) is 2.10. The molecule has 4 nitrogen and oxygen atoms in total. The molecule has 28 heavy (non-hydrogen) atoms. The summed E-state index contributed by atoms with van der Waals surface area (Å²) in [4.78, 5) is 18.9. The minimum atomic E-state index is 0.162. The molecule has 5 heteroatoms. The average Bonchev–Trinajstić information content (AvgIpc) is 3.31. The molecule has 4 rings (SSSR count). The number of carbonyl (C=O) groups is 1. The molecule has 0 unspecified atom stereocenters. The van der Waals surface area contributed by atoms with Crippen LogP contribution < -0.4 is 4.90 Å². The van der Waals surface area contributed by atoms with Crippen LogP contribution in [0, 0.1) is 20.8 Å². The molecule has 0 saturated carbocycles. The first-order valence-corrected chi connectivity index (χ1v) is 10.7. The van der Waals surface area contributed by atoms with Gasteiger partial charge in [-0.15, -0.1) is 11.3 Å². The summed E-state index contributed by atoms with van der Waals surface area (Å²) in [5.41, 5.74) is 5.58. The van der Waals surface area contributed by atoms with E-state index in [-0.39, 0.29) is 5.91 Å². The lowest BCUT2D eigenvalue weighted by Gasteiger charge is -2.36. The molecule has 0 spiro atoms. The zero-order valence-corrected chi connectivity index (χ0v) is 17.6. The molecular formula is C23H27N3OS. The summed E-state index contributed by atoms with van der Waals surface area (Å²) < 4.78 is 2.25.